The molecular formula is C21H28N2O3S. The number of amides is 1. The molecule has 1 N–H and O–H groups in total. The Morgan fingerprint density at radius 1 is 1.00 bits per heavy atom. The van der Waals surface area contributed by atoms with E-state index in [1.807, 2.05) is 20.8 Å². The monoisotopic (exact) mass is 388 g/mol. The number of rotatable bonds is 8. The number of benzene rings is 2. The molecule has 2 rings (SSSR count). The highest BCUT2D eigenvalue weighted by atomic mass is 32.2. The molecule has 0 aromatic heterocycles. The van der Waals surface area contributed by atoms with Crippen LogP contribution in [0.1, 0.15) is 37.0 Å². The molecule has 0 bridgehead atoms. The van der Waals surface area contributed by atoms with Crippen LogP contribution in [0.5, 0.6) is 0 Å². The molecule has 0 fully saturated rings. The third-order valence-electron chi connectivity index (χ3n) is 4.60. The number of aryl methyl sites for hydroxylation is 3. The van der Waals surface area contributed by atoms with E-state index in [0.29, 0.717) is 31.6 Å². The molecule has 0 heterocycles. The van der Waals surface area contributed by atoms with Crippen LogP contribution in [-0.2, 0) is 21.2 Å². The predicted molar refractivity (Wildman–Crippen MR) is 109 cm³/mol. The summed E-state index contributed by atoms with van der Waals surface area (Å²) in [7, 11) is -3.48. The van der Waals surface area contributed by atoms with Crippen LogP contribution in [0.4, 0.5) is 5.69 Å². The van der Waals surface area contributed by atoms with E-state index in [4.69, 9.17) is 0 Å². The summed E-state index contributed by atoms with van der Waals surface area (Å²) in [6.45, 7) is 8.57. The Labute approximate surface area is 162 Å². The Hall–Kier alpha value is -2.18. The molecule has 0 spiro atoms. The summed E-state index contributed by atoms with van der Waals surface area (Å²) in [5.41, 5.74) is 4.16. The smallest absolute Gasteiger partial charge is 0.243 e. The van der Waals surface area contributed by atoms with Gasteiger partial charge in [-0.3, -0.25) is 4.79 Å². The molecular weight excluding hydrogens is 360 g/mol. The summed E-state index contributed by atoms with van der Waals surface area (Å²) in [6, 6.07) is 12.6. The second-order valence-electron chi connectivity index (χ2n) is 6.59. The van der Waals surface area contributed by atoms with Crippen LogP contribution in [0.25, 0.3) is 0 Å². The van der Waals surface area contributed by atoms with Crippen LogP contribution < -0.4 is 5.32 Å². The second kappa shape index (κ2) is 9.15. The molecule has 0 radical (unpaired) electrons. The van der Waals surface area contributed by atoms with Gasteiger partial charge in [0.1, 0.15) is 0 Å². The van der Waals surface area contributed by atoms with Gasteiger partial charge in [0.05, 0.1) is 4.90 Å². The molecule has 0 unspecified atom stereocenters. The van der Waals surface area contributed by atoms with Crippen LogP contribution in [0.3, 0.4) is 0 Å². The van der Waals surface area contributed by atoms with E-state index >= 15 is 0 Å². The molecule has 0 aliphatic heterocycles. The minimum absolute atomic E-state index is 0.0886. The molecule has 0 aliphatic carbocycles. The van der Waals surface area contributed by atoms with Crippen molar-refractivity contribution in [2.45, 2.75) is 45.4 Å². The minimum Gasteiger partial charge on any atom is -0.326 e. The van der Waals surface area contributed by atoms with E-state index < -0.39 is 10.0 Å². The predicted octanol–water partition coefficient (Wildman–Crippen LogP) is 3.91. The fourth-order valence-corrected chi connectivity index (χ4v) is 4.48. The van der Waals surface area contributed by atoms with Gasteiger partial charge in [-0.15, -0.1) is 0 Å². The van der Waals surface area contributed by atoms with Crippen molar-refractivity contribution in [3.05, 3.63) is 59.2 Å². The van der Waals surface area contributed by atoms with Crippen LogP contribution >= 0.6 is 0 Å². The maximum Gasteiger partial charge on any atom is 0.243 e. The summed E-state index contributed by atoms with van der Waals surface area (Å²) in [4.78, 5) is 12.4. The molecule has 2 aromatic carbocycles. The number of carbonyl (C=O) groups is 1. The SMILES string of the molecule is CCN(CC)S(=O)(=O)c1ccc(NC(=O)CCc2ccc(C)cc2C)cc1. The number of hydrogen-bond acceptors (Lipinski definition) is 3. The summed E-state index contributed by atoms with van der Waals surface area (Å²) in [5, 5.41) is 2.83. The highest BCUT2D eigenvalue weighted by Crippen LogP contribution is 2.19. The van der Waals surface area contributed by atoms with E-state index in [2.05, 4.69) is 30.4 Å². The van der Waals surface area contributed by atoms with Crippen LogP contribution in [-0.4, -0.2) is 31.7 Å². The number of hydrogen-bond donors (Lipinski definition) is 1. The fourth-order valence-electron chi connectivity index (χ4n) is 3.02. The quantitative estimate of drug-likeness (QED) is 0.746. The van der Waals surface area contributed by atoms with Crippen LogP contribution in [0.2, 0.25) is 0 Å². The highest BCUT2D eigenvalue weighted by molar-refractivity contribution is 7.89. The first-order chi connectivity index (χ1) is 12.8. The first kappa shape index (κ1) is 21.1. The number of carbonyl (C=O) groups excluding carboxylic acids is 1. The Bertz CT molecular complexity index is 886. The molecule has 5 nitrogen and oxygen atoms in total. The van der Waals surface area contributed by atoms with Gasteiger partial charge in [0.2, 0.25) is 15.9 Å². The lowest BCUT2D eigenvalue weighted by Gasteiger charge is -2.18. The number of nitrogens with one attached hydrogen (secondary N) is 1. The molecule has 0 saturated heterocycles. The standard InChI is InChI=1S/C21H28N2O3S/c1-5-23(6-2)27(25,26)20-12-10-19(11-13-20)22-21(24)14-9-18-8-7-16(3)15-17(18)4/h7-8,10-13,15H,5-6,9,14H2,1-4H3,(H,22,24). The zero-order valence-corrected chi connectivity index (χ0v) is 17.3. The number of anilines is 1. The lowest BCUT2D eigenvalue weighted by atomic mass is 10.0. The topological polar surface area (TPSA) is 66.5 Å². The van der Waals surface area contributed by atoms with Crippen molar-refractivity contribution in [2.75, 3.05) is 18.4 Å². The summed E-state index contributed by atoms with van der Waals surface area (Å²) in [5.74, 6) is -0.0886. The number of sulfonamides is 1. The molecule has 6 heteroatoms. The summed E-state index contributed by atoms with van der Waals surface area (Å²) < 4.78 is 26.4. The van der Waals surface area contributed by atoms with Crippen molar-refractivity contribution in [3.63, 3.8) is 0 Å². The Kier molecular flexibility index (Phi) is 7.16. The largest absolute Gasteiger partial charge is 0.326 e. The first-order valence-electron chi connectivity index (χ1n) is 9.24. The lowest BCUT2D eigenvalue weighted by molar-refractivity contribution is -0.116. The zero-order valence-electron chi connectivity index (χ0n) is 16.5. The fraction of sp³-hybridized carbons (Fsp3) is 0.381. The maximum absolute atomic E-state index is 12.5. The zero-order chi connectivity index (χ0) is 20.0. The van der Waals surface area contributed by atoms with Gasteiger partial charge in [-0.05, 0) is 55.7 Å². The van der Waals surface area contributed by atoms with E-state index in [9.17, 15) is 13.2 Å². The van der Waals surface area contributed by atoms with E-state index in [1.165, 1.54) is 27.6 Å². The van der Waals surface area contributed by atoms with Crippen molar-refractivity contribution in [3.8, 4) is 0 Å². The molecule has 0 aliphatic rings. The normalized spacial score (nSPS) is 11.6. The molecule has 0 atom stereocenters. The van der Waals surface area contributed by atoms with E-state index in [-0.39, 0.29) is 10.8 Å². The Morgan fingerprint density at radius 2 is 1.63 bits per heavy atom. The second-order valence-corrected chi connectivity index (χ2v) is 8.53. The Morgan fingerprint density at radius 3 is 2.19 bits per heavy atom. The van der Waals surface area contributed by atoms with Gasteiger partial charge in [0, 0.05) is 25.2 Å². The summed E-state index contributed by atoms with van der Waals surface area (Å²) >= 11 is 0. The van der Waals surface area contributed by atoms with Gasteiger partial charge < -0.3 is 5.32 Å². The van der Waals surface area contributed by atoms with Crippen molar-refractivity contribution >= 4 is 21.6 Å². The lowest BCUT2D eigenvalue weighted by Crippen LogP contribution is -2.30. The average Bonchev–Trinajstić information content (AvgIpc) is 2.62. The molecule has 2 aromatic rings. The first-order valence-corrected chi connectivity index (χ1v) is 10.7. The maximum atomic E-state index is 12.5. The van der Waals surface area contributed by atoms with Gasteiger partial charge in [0.25, 0.3) is 0 Å². The van der Waals surface area contributed by atoms with Gasteiger partial charge in [0.15, 0.2) is 0 Å². The number of nitrogens with zero attached hydrogens (tertiary/aromatic N) is 1. The third kappa shape index (κ3) is 5.40. The average molecular weight is 389 g/mol. The third-order valence-corrected chi connectivity index (χ3v) is 6.66. The molecule has 146 valence electrons. The van der Waals surface area contributed by atoms with Crippen molar-refractivity contribution in [1.82, 2.24) is 4.31 Å². The highest BCUT2D eigenvalue weighted by Gasteiger charge is 2.21. The van der Waals surface area contributed by atoms with E-state index in [1.54, 1.807) is 12.1 Å². The van der Waals surface area contributed by atoms with Gasteiger partial charge >= 0.3 is 0 Å². The van der Waals surface area contributed by atoms with Gasteiger partial charge in [-0.2, -0.15) is 4.31 Å². The van der Waals surface area contributed by atoms with Crippen molar-refractivity contribution < 1.29 is 13.2 Å². The minimum atomic E-state index is -3.48. The molecule has 0 saturated carbocycles. The molecule has 1 amide bonds. The van der Waals surface area contributed by atoms with Crippen molar-refractivity contribution in [1.29, 1.82) is 0 Å². The Balaban J connectivity index is 1.98. The van der Waals surface area contributed by atoms with Crippen LogP contribution in [0.15, 0.2) is 47.4 Å². The van der Waals surface area contributed by atoms with E-state index in [0.717, 1.165) is 5.56 Å². The van der Waals surface area contributed by atoms with Gasteiger partial charge in [-0.1, -0.05) is 37.6 Å². The van der Waals surface area contributed by atoms with Gasteiger partial charge in [-0.25, -0.2) is 8.42 Å². The van der Waals surface area contributed by atoms with Crippen molar-refractivity contribution in [2.24, 2.45) is 0 Å². The van der Waals surface area contributed by atoms with Crippen LogP contribution in [0, 0.1) is 13.8 Å². The summed E-state index contributed by atoms with van der Waals surface area (Å²) in [6.07, 6.45) is 1.05. The molecule has 27 heavy (non-hydrogen) atoms.